The number of para-hydroxylation sites is 4. The van der Waals surface area contributed by atoms with Gasteiger partial charge >= 0.3 is 0 Å². The second-order valence-corrected chi connectivity index (χ2v) is 11.7. The first kappa shape index (κ1) is 23.7. The van der Waals surface area contributed by atoms with Crippen LogP contribution in [0, 0.1) is 5.82 Å². The minimum absolute atomic E-state index is 0.170. The van der Waals surface area contributed by atoms with Crippen LogP contribution in [0.15, 0.2) is 115 Å². The summed E-state index contributed by atoms with van der Waals surface area (Å²) in [5.41, 5.74) is 10.5. The molecular weight excluding hydrogens is 479 g/mol. The third-order valence-electron chi connectivity index (χ3n) is 8.66. The van der Waals surface area contributed by atoms with Gasteiger partial charge in [-0.1, -0.05) is 100 Å². The Kier molecular flexibility index (Phi) is 5.06. The van der Waals surface area contributed by atoms with Gasteiger partial charge in [-0.25, -0.2) is 4.39 Å². The lowest BCUT2D eigenvalue weighted by atomic mass is 9.73. The molecule has 0 fully saturated rings. The molecular formula is C36H31FN2. The highest BCUT2D eigenvalue weighted by atomic mass is 19.1. The van der Waals surface area contributed by atoms with Gasteiger partial charge in [-0.05, 0) is 64.7 Å². The van der Waals surface area contributed by atoms with Crippen molar-refractivity contribution in [2.75, 3.05) is 9.80 Å². The van der Waals surface area contributed by atoms with E-state index in [1.54, 1.807) is 12.1 Å². The van der Waals surface area contributed by atoms with E-state index in [1.807, 2.05) is 0 Å². The van der Waals surface area contributed by atoms with E-state index >= 15 is 4.39 Å². The molecule has 0 saturated carbocycles. The highest BCUT2D eigenvalue weighted by Crippen LogP contribution is 2.54. The Hall–Kier alpha value is -4.37. The highest BCUT2D eigenvalue weighted by Gasteiger charge is 2.38. The third-order valence-corrected chi connectivity index (χ3v) is 8.66. The minimum atomic E-state index is -0.262. The second kappa shape index (κ2) is 8.31. The smallest absolute Gasteiger partial charge is 0.127 e. The van der Waals surface area contributed by atoms with Crippen molar-refractivity contribution in [3.8, 4) is 0 Å². The van der Waals surface area contributed by atoms with Gasteiger partial charge in [-0.15, -0.1) is 0 Å². The molecule has 0 aromatic heterocycles. The molecule has 0 radical (unpaired) electrons. The molecule has 2 heterocycles. The maximum Gasteiger partial charge on any atom is 0.127 e. The van der Waals surface area contributed by atoms with Crippen LogP contribution in [0.3, 0.4) is 0 Å². The van der Waals surface area contributed by atoms with E-state index in [-0.39, 0.29) is 16.6 Å². The minimum Gasteiger partial charge on any atom is -0.310 e. The molecule has 39 heavy (non-hydrogen) atoms. The molecule has 7 rings (SSSR count). The number of rotatable bonds is 2. The van der Waals surface area contributed by atoms with E-state index < -0.39 is 0 Å². The Labute approximate surface area is 230 Å². The van der Waals surface area contributed by atoms with Gasteiger partial charge in [0.15, 0.2) is 0 Å². The SMILES string of the molecule is CC1(C)c2ccccc2N(c2cc(F)cc(N3c4ccccc4C(C)(C)c4ccccc43)c2)c2ccccc21. The van der Waals surface area contributed by atoms with Crippen molar-refractivity contribution in [2.24, 2.45) is 0 Å². The molecule has 0 spiro atoms. The summed E-state index contributed by atoms with van der Waals surface area (Å²) < 4.78 is 15.7. The molecule has 0 N–H and O–H groups in total. The molecule has 0 saturated heterocycles. The van der Waals surface area contributed by atoms with Crippen LogP contribution < -0.4 is 9.80 Å². The molecule has 5 aromatic rings. The van der Waals surface area contributed by atoms with E-state index in [2.05, 4.69) is 141 Å². The van der Waals surface area contributed by atoms with Crippen molar-refractivity contribution >= 4 is 34.1 Å². The molecule has 2 nitrogen and oxygen atoms in total. The van der Waals surface area contributed by atoms with E-state index in [4.69, 9.17) is 0 Å². The van der Waals surface area contributed by atoms with Crippen LogP contribution in [-0.4, -0.2) is 0 Å². The van der Waals surface area contributed by atoms with Crippen molar-refractivity contribution in [3.63, 3.8) is 0 Å². The Morgan fingerprint density at radius 1 is 0.436 bits per heavy atom. The fraction of sp³-hybridized carbons (Fsp3) is 0.167. The number of nitrogens with zero attached hydrogens (tertiary/aromatic N) is 2. The Bertz CT molecular complexity index is 1520. The average molecular weight is 511 g/mol. The third kappa shape index (κ3) is 3.39. The van der Waals surface area contributed by atoms with E-state index in [0.717, 1.165) is 34.1 Å². The molecule has 0 aliphatic carbocycles. The zero-order chi connectivity index (χ0) is 26.9. The lowest BCUT2D eigenvalue weighted by Gasteiger charge is -2.43. The topological polar surface area (TPSA) is 6.48 Å². The Morgan fingerprint density at radius 2 is 0.718 bits per heavy atom. The molecule has 3 heteroatoms. The van der Waals surface area contributed by atoms with E-state index in [1.165, 1.54) is 22.3 Å². The lowest BCUT2D eigenvalue weighted by molar-refractivity contribution is 0.623. The summed E-state index contributed by atoms with van der Waals surface area (Å²) in [4.78, 5) is 4.43. The largest absolute Gasteiger partial charge is 0.310 e. The summed E-state index contributed by atoms with van der Waals surface area (Å²) in [5.74, 6) is -0.262. The summed E-state index contributed by atoms with van der Waals surface area (Å²) in [6, 6.07) is 39.4. The van der Waals surface area contributed by atoms with Gasteiger partial charge in [0, 0.05) is 10.8 Å². The van der Waals surface area contributed by atoms with Crippen molar-refractivity contribution < 1.29 is 4.39 Å². The number of hydrogen-bond acceptors (Lipinski definition) is 2. The number of halogens is 1. The van der Waals surface area contributed by atoms with Crippen LogP contribution in [0.4, 0.5) is 38.5 Å². The predicted octanol–water partition coefficient (Wildman–Crippen LogP) is 10.0. The molecule has 2 aliphatic heterocycles. The summed E-state index contributed by atoms with van der Waals surface area (Å²) >= 11 is 0. The number of fused-ring (bicyclic) bond motifs is 4. The zero-order valence-corrected chi connectivity index (χ0v) is 22.7. The first-order valence-corrected chi connectivity index (χ1v) is 13.6. The fourth-order valence-corrected chi connectivity index (χ4v) is 6.71. The molecule has 0 bridgehead atoms. The van der Waals surface area contributed by atoms with Crippen LogP contribution in [0.1, 0.15) is 49.9 Å². The van der Waals surface area contributed by atoms with Gasteiger partial charge < -0.3 is 9.80 Å². The van der Waals surface area contributed by atoms with Crippen LogP contribution in [0.5, 0.6) is 0 Å². The molecule has 0 unspecified atom stereocenters. The second-order valence-electron chi connectivity index (χ2n) is 11.7. The summed E-state index contributed by atoms with van der Waals surface area (Å²) in [7, 11) is 0. The molecule has 5 aromatic carbocycles. The lowest BCUT2D eigenvalue weighted by Crippen LogP contribution is -2.31. The summed E-state index contributed by atoms with van der Waals surface area (Å²) in [6.07, 6.45) is 0. The van der Waals surface area contributed by atoms with Crippen LogP contribution in [-0.2, 0) is 10.8 Å². The van der Waals surface area contributed by atoms with Gasteiger partial charge in [0.2, 0.25) is 0 Å². The first-order valence-electron chi connectivity index (χ1n) is 13.6. The molecule has 2 aliphatic rings. The van der Waals surface area contributed by atoms with Crippen LogP contribution in [0.25, 0.3) is 0 Å². The Morgan fingerprint density at radius 3 is 1.03 bits per heavy atom. The molecule has 192 valence electrons. The number of benzene rings is 5. The number of hydrogen-bond donors (Lipinski definition) is 0. The van der Waals surface area contributed by atoms with Crippen molar-refractivity contribution in [1.82, 2.24) is 0 Å². The Balaban J connectivity index is 1.47. The summed E-state index contributed by atoms with van der Waals surface area (Å²) in [6.45, 7) is 9.06. The van der Waals surface area contributed by atoms with Crippen molar-refractivity contribution in [1.29, 1.82) is 0 Å². The predicted molar refractivity (Wildman–Crippen MR) is 160 cm³/mol. The monoisotopic (exact) mass is 510 g/mol. The van der Waals surface area contributed by atoms with Gasteiger partial charge in [0.25, 0.3) is 0 Å². The average Bonchev–Trinajstić information content (AvgIpc) is 2.93. The molecule has 0 atom stereocenters. The maximum absolute atomic E-state index is 15.7. The first-order chi connectivity index (χ1) is 18.8. The van der Waals surface area contributed by atoms with Crippen LogP contribution >= 0.6 is 0 Å². The van der Waals surface area contributed by atoms with Gasteiger partial charge in [-0.3, -0.25) is 0 Å². The van der Waals surface area contributed by atoms with E-state index in [9.17, 15) is 0 Å². The maximum atomic E-state index is 15.7. The highest BCUT2D eigenvalue weighted by molar-refractivity contribution is 5.90. The van der Waals surface area contributed by atoms with Gasteiger partial charge in [0.05, 0.1) is 34.1 Å². The van der Waals surface area contributed by atoms with Gasteiger partial charge in [-0.2, -0.15) is 0 Å². The van der Waals surface area contributed by atoms with Crippen molar-refractivity contribution in [3.05, 3.63) is 143 Å². The van der Waals surface area contributed by atoms with E-state index in [0.29, 0.717) is 0 Å². The normalized spacial score (nSPS) is 16.1. The standard InChI is InChI=1S/C36H31FN2/c1-35(2)27-13-5-9-17-31(27)38(32-18-10-6-14-28(32)35)25-21-24(37)22-26(23-25)39-33-19-11-7-15-29(33)36(3,4)30-16-8-12-20-34(30)39/h5-23H,1-4H3. The fourth-order valence-electron chi connectivity index (χ4n) is 6.71. The summed E-state index contributed by atoms with van der Waals surface area (Å²) in [5, 5.41) is 0. The number of anilines is 6. The zero-order valence-electron chi connectivity index (χ0n) is 22.7. The van der Waals surface area contributed by atoms with Gasteiger partial charge in [0.1, 0.15) is 5.82 Å². The quantitative estimate of drug-likeness (QED) is 0.233. The van der Waals surface area contributed by atoms with Crippen LogP contribution in [0.2, 0.25) is 0 Å². The molecule has 0 amide bonds. The van der Waals surface area contributed by atoms with Crippen molar-refractivity contribution in [2.45, 2.75) is 38.5 Å².